The van der Waals surface area contributed by atoms with Gasteiger partial charge in [0.2, 0.25) is 5.91 Å². The quantitative estimate of drug-likeness (QED) is 0.487. The lowest BCUT2D eigenvalue weighted by molar-refractivity contribution is -0.145. The molecule has 35 heavy (non-hydrogen) atoms. The first-order valence-corrected chi connectivity index (χ1v) is 11.5. The highest BCUT2D eigenvalue weighted by atomic mass is 16.5. The predicted octanol–water partition coefficient (Wildman–Crippen LogP) is 2.39. The second-order valence-corrected chi connectivity index (χ2v) is 8.73. The van der Waals surface area contributed by atoms with Gasteiger partial charge >= 0.3 is 12.1 Å². The van der Waals surface area contributed by atoms with Gasteiger partial charge in [-0.1, -0.05) is 53.7 Å². The summed E-state index contributed by atoms with van der Waals surface area (Å²) < 4.78 is 6.85. The Balaban J connectivity index is 1.13. The number of benzene rings is 2. The van der Waals surface area contributed by atoms with Crippen LogP contribution in [0.1, 0.15) is 35.6 Å². The lowest BCUT2D eigenvalue weighted by atomic mass is 9.98. The molecule has 10 nitrogen and oxygen atoms in total. The number of nitrogens with one attached hydrogen (secondary N) is 1. The van der Waals surface area contributed by atoms with Gasteiger partial charge in [0.05, 0.1) is 12.7 Å². The van der Waals surface area contributed by atoms with Crippen LogP contribution in [0, 0.1) is 0 Å². The molecule has 0 bridgehead atoms. The first kappa shape index (κ1) is 22.6. The first-order valence-electron chi connectivity index (χ1n) is 11.5. The lowest BCUT2D eigenvalue weighted by Gasteiger charge is -2.19. The minimum atomic E-state index is -1.04. The van der Waals surface area contributed by atoms with E-state index in [4.69, 9.17) is 9.84 Å². The van der Waals surface area contributed by atoms with Crippen molar-refractivity contribution in [2.75, 3.05) is 13.2 Å². The van der Waals surface area contributed by atoms with Crippen LogP contribution in [0.5, 0.6) is 0 Å². The monoisotopic (exact) mass is 475 g/mol. The fourth-order valence-corrected chi connectivity index (χ4v) is 4.49. The zero-order chi connectivity index (χ0) is 24.4. The lowest BCUT2D eigenvalue weighted by Crippen LogP contribution is -2.39. The van der Waals surface area contributed by atoms with Crippen LogP contribution in [-0.4, -0.2) is 62.2 Å². The first-order chi connectivity index (χ1) is 17.0. The molecule has 0 spiro atoms. The number of amides is 2. The van der Waals surface area contributed by atoms with Crippen molar-refractivity contribution in [2.45, 2.75) is 37.9 Å². The molecule has 180 valence electrons. The molecular weight excluding hydrogens is 450 g/mol. The summed E-state index contributed by atoms with van der Waals surface area (Å²) in [5, 5.41) is 19.6. The van der Waals surface area contributed by atoms with Crippen molar-refractivity contribution < 1.29 is 24.2 Å². The fourth-order valence-electron chi connectivity index (χ4n) is 4.49. The Labute approximate surface area is 201 Å². The summed E-state index contributed by atoms with van der Waals surface area (Å²) in [6, 6.07) is 16.2. The van der Waals surface area contributed by atoms with Crippen molar-refractivity contribution in [2.24, 2.45) is 0 Å². The second-order valence-electron chi connectivity index (χ2n) is 8.73. The molecule has 0 unspecified atom stereocenters. The van der Waals surface area contributed by atoms with Crippen molar-refractivity contribution in [3.63, 3.8) is 0 Å². The van der Waals surface area contributed by atoms with Gasteiger partial charge in [-0.3, -0.25) is 9.59 Å². The Morgan fingerprint density at radius 2 is 1.71 bits per heavy atom. The third-order valence-electron chi connectivity index (χ3n) is 6.25. The van der Waals surface area contributed by atoms with Crippen molar-refractivity contribution in [1.82, 2.24) is 25.2 Å². The van der Waals surface area contributed by atoms with E-state index in [0.717, 1.165) is 35.1 Å². The normalized spacial score (nSPS) is 14.2. The standard InChI is InChI=1S/C25H25N5O5/c31-23(30(14-24(32)33)17-9-10-17)13-29-12-16(27-28-29)11-26-25(34)35-15-22-20-7-3-1-5-18(20)19-6-2-4-8-21(19)22/h1-8,12,17,22H,9-11,13-15H2,(H,26,34)(H,32,33). The number of fused-ring (bicyclic) bond motifs is 3. The van der Waals surface area contributed by atoms with Crippen LogP contribution < -0.4 is 5.32 Å². The topological polar surface area (TPSA) is 127 Å². The number of carbonyl (C=O) groups excluding carboxylic acids is 2. The molecule has 1 heterocycles. The molecule has 2 aliphatic carbocycles. The number of nitrogens with zero attached hydrogens (tertiary/aromatic N) is 4. The number of aromatic nitrogens is 3. The van der Waals surface area contributed by atoms with E-state index in [2.05, 4.69) is 39.9 Å². The molecule has 3 aromatic rings. The Morgan fingerprint density at radius 1 is 1.06 bits per heavy atom. The van der Waals surface area contributed by atoms with Crippen LogP contribution in [0.25, 0.3) is 11.1 Å². The highest BCUT2D eigenvalue weighted by Gasteiger charge is 2.34. The van der Waals surface area contributed by atoms with Crippen LogP contribution in [0.3, 0.4) is 0 Å². The second kappa shape index (κ2) is 9.57. The van der Waals surface area contributed by atoms with E-state index in [1.807, 2.05) is 24.3 Å². The van der Waals surface area contributed by atoms with E-state index >= 15 is 0 Å². The van der Waals surface area contributed by atoms with Gasteiger partial charge in [0.25, 0.3) is 0 Å². The molecule has 1 aromatic heterocycles. The number of carboxylic acids is 1. The zero-order valence-electron chi connectivity index (χ0n) is 19.0. The number of rotatable bonds is 9. The SMILES string of the molecule is O=C(O)CN(C(=O)Cn1cc(CNC(=O)OCC2c3ccccc3-c3ccccc32)nn1)C1CC1. The number of carbonyl (C=O) groups is 3. The van der Waals surface area contributed by atoms with Crippen molar-refractivity contribution in [3.8, 4) is 11.1 Å². The molecule has 5 rings (SSSR count). The van der Waals surface area contributed by atoms with E-state index < -0.39 is 12.1 Å². The van der Waals surface area contributed by atoms with Gasteiger partial charge in [-0.05, 0) is 35.1 Å². The summed E-state index contributed by atoms with van der Waals surface area (Å²) in [6.45, 7) is -0.135. The Morgan fingerprint density at radius 3 is 2.34 bits per heavy atom. The average Bonchev–Trinajstić information content (AvgIpc) is 3.52. The minimum Gasteiger partial charge on any atom is -0.480 e. The van der Waals surface area contributed by atoms with Gasteiger partial charge in [-0.15, -0.1) is 5.10 Å². The summed E-state index contributed by atoms with van der Waals surface area (Å²) in [5.74, 6) is -1.40. The number of aliphatic carboxylic acids is 1. The number of carboxylic acid groups (broad SMARTS) is 1. The third kappa shape index (κ3) is 5.01. The molecule has 0 atom stereocenters. The summed E-state index contributed by atoms with van der Waals surface area (Å²) in [4.78, 5) is 37.2. The third-order valence-corrected chi connectivity index (χ3v) is 6.25. The van der Waals surface area contributed by atoms with Gasteiger partial charge in [0, 0.05) is 12.0 Å². The number of alkyl carbamates (subject to hydrolysis) is 1. The molecule has 2 amide bonds. The zero-order valence-corrected chi connectivity index (χ0v) is 19.0. The summed E-state index contributed by atoms with van der Waals surface area (Å²) in [7, 11) is 0. The van der Waals surface area contributed by atoms with Crippen molar-refractivity contribution >= 4 is 18.0 Å². The molecule has 10 heteroatoms. The van der Waals surface area contributed by atoms with Crippen molar-refractivity contribution in [3.05, 3.63) is 71.5 Å². The molecular formula is C25H25N5O5. The summed E-state index contributed by atoms with van der Waals surface area (Å²) in [5.41, 5.74) is 5.05. The summed E-state index contributed by atoms with van der Waals surface area (Å²) >= 11 is 0. The van der Waals surface area contributed by atoms with Crippen LogP contribution >= 0.6 is 0 Å². The van der Waals surface area contributed by atoms with Crippen LogP contribution in [0.15, 0.2) is 54.7 Å². The number of ether oxygens (including phenoxy) is 1. The van der Waals surface area contributed by atoms with Gasteiger partial charge in [0.1, 0.15) is 25.4 Å². The van der Waals surface area contributed by atoms with Crippen LogP contribution in [0.2, 0.25) is 0 Å². The molecule has 1 fully saturated rings. The maximum atomic E-state index is 12.5. The molecule has 0 aliphatic heterocycles. The van der Waals surface area contributed by atoms with Crippen LogP contribution in [-0.2, 0) is 27.4 Å². The predicted molar refractivity (Wildman–Crippen MR) is 124 cm³/mol. The fraction of sp³-hybridized carbons (Fsp3) is 0.320. The Kier molecular flexibility index (Phi) is 6.17. The molecule has 0 saturated heterocycles. The number of hydrogen-bond acceptors (Lipinski definition) is 6. The van der Waals surface area contributed by atoms with E-state index in [9.17, 15) is 14.4 Å². The van der Waals surface area contributed by atoms with Gasteiger partial charge in [0.15, 0.2) is 0 Å². The van der Waals surface area contributed by atoms with Crippen LogP contribution in [0.4, 0.5) is 4.79 Å². The molecule has 1 saturated carbocycles. The van der Waals surface area contributed by atoms with E-state index in [0.29, 0.717) is 5.69 Å². The molecule has 2 aromatic carbocycles. The smallest absolute Gasteiger partial charge is 0.407 e. The van der Waals surface area contributed by atoms with Gasteiger partial charge in [-0.25, -0.2) is 9.48 Å². The highest BCUT2D eigenvalue weighted by Crippen LogP contribution is 2.44. The van der Waals surface area contributed by atoms with E-state index in [1.54, 1.807) is 6.20 Å². The average molecular weight is 476 g/mol. The maximum absolute atomic E-state index is 12.5. The van der Waals surface area contributed by atoms with Gasteiger partial charge < -0.3 is 20.1 Å². The molecule has 2 N–H and O–H groups in total. The maximum Gasteiger partial charge on any atom is 0.407 e. The molecule has 0 radical (unpaired) electrons. The largest absolute Gasteiger partial charge is 0.480 e. The van der Waals surface area contributed by atoms with Gasteiger partial charge in [-0.2, -0.15) is 0 Å². The summed E-state index contributed by atoms with van der Waals surface area (Å²) in [6.07, 6.45) is 2.60. The van der Waals surface area contributed by atoms with Crippen molar-refractivity contribution in [1.29, 1.82) is 0 Å². The van der Waals surface area contributed by atoms with E-state index in [1.165, 1.54) is 9.58 Å². The van der Waals surface area contributed by atoms with E-state index in [-0.39, 0.29) is 44.1 Å². The minimum absolute atomic E-state index is 0.0168. The number of hydrogen-bond donors (Lipinski definition) is 2. The Hall–Kier alpha value is -4.21. The highest BCUT2D eigenvalue weighted by molar-refractivity contribution is 5.82. The molecule has 2 aliphatic rings. The Bertz CT molecular complexity index is 1220.